The molecule has 1 rings (SSSR count). The van der Waals surface area contributed by atoms with Gasteiger partial charge < -0.3 is 10.6 Å². The van der Waals surface area contributed by atoms with E-state index in [9.17, 15) is 8.42 Å². The highest BCUT2D eigenvalue weighted by molar-refractivity contribution is 7.89. The standard InChI is InChI=1S/C17H30N4O2S/c1-5-24(22,23)21-12-6-11-19-17(18-4)20-13-15(3)16-9-7-14(2)8-10-16/h7-10,15,21H,5-6,11-13H2,1-4H3,(H2,18,19,20). The van der Waals surface area contributed by atoms with Crippen LogP contribution in [0.4, 0.5) is 0 Å². The third-order valence-corrected chi connectivity index (χ3v) is 5.20. The summed E-state index contributed by atoms with van der Waals surface area (Å²) in [7, 11) is -1.38. The fraction of sp³-hybridized carbons (Fsp3) is 0.588. The summed E-state index contributed by atoms with van der Waals surface area (Å²) in [6, 6.07) is 8.54. The minimum absolute atomic E-state index is 0.112. The Morgan fingerprint density at radius 2 is 1.83 bits per heavy atom. The molecule has 7 heteroatoms. The van der Waals surface area contributed by atoms with Crippen molar-refractivity contribution in [3.05, 3.63) is 35.4 Å². The zero-order chi connectivity index (χ0) is 18.0. The molecule has 6 nitrogen and oxygen atoms in total. The van der Waals surface area contributed by atoms with Gasteiger partial charge in [0.15, 0.2) is 5.96 Å². The van der Waals surface area contributed by atoms with Crippen LogP contribution in [0.1, 0.15) is 37.3 Å². The van der Waals surface area contributed by atoms with Crippen LogP contribution in [-0.4, -0.2) is 46.8 Å². The molecule has 0 aromatic heterocycles. The predicted molar refractivity (Wildman–Crippen MR) is 101 cm³/mol. The molecule has 24 heavy (non-hydrogen) atoms. The van der Waals surface area contributed by atoms with Gasteiger partial charge >= 0.3 is 0 Å². The van der Waals surface area contributed by atoms with Crippen molar-refractivity contribution in [3.8, 4) is 0 Å². The van der Waals surface area contributed by atoms with E-state index in [0.29, 0.717) is 25.4 Å². The van der Waals surface area contributed by atoms with Gasteiger partial charge in [-0.25, -0.2) is 13.1 Å². The van der Waals surface area contributed by atoms with Crippen LogP contribution in [0.25, 0.3) is 0 Å². The summed E-state index contributed by atoms with van der Waals surface area (Å²) in [6.45, 7) is 7.75. The quantitative estimate of drug-likeness (QED) is 0.357. The summed E-state index contributed by atoms with van der Waals surface area (Å²) in [6.07, 6.45) is 0.702. The van der Waals surface area contributed by atoms with Crippen LogP contribution >= 0.6 is 0 Å². The highest BCUT2D eigenvalue weighted by Crippen LogP contribution is 2.14. The number of hydrogen-bond acceptors (Lipinski definition) is 3. The van der Waals surface area contributed by atoms with Crippen LogP contribution in [0.5, 0.6) is 0 Å². The number of aliphatic imine (C=N–C) groups is 1. The molecule has 1 atom stereocenters. The molecule has 0 spiro atoms. The Hall–Kier alpha value is -1.60. The molecule has 0 saturated heterocycles. The van der Waals surface area contributed by atoms with E-state index in [1.54, 1.807) is 14.0 Å². The molecule has 1 unspecified atom stereocenters. The van der Waals surface area contributed by atoms with E-state index in [-0.39, 0.29) is 5.75 Å². The molecule has 0 aliphatic heterocycles. The minimum Gasteiger partial charge on any atom is -0.356 e. The highest BCUT2D eigenvalue weighted by atomic mass is 32.2. The van der Waals surface area contributed by atoms with Crippen molar-refractivity contribution < 1.29 is 8.42 Å². The number of sulfonamides is 1. The molecule has 0 saturated carbocycles. The molecule has 3 N–H and O–H groups in total. The molecule has 0 bridgehead atoms. The number of aryl methyl sites for hydroxylation is 1. The maximum absolute atomic E-state index is 11.3. The Morgan fingerprint density at radius 3 is 2.42 bits per heavy atom. The summed E-state index contributed by atoms with van der Waals surface area (Å²) in [5.41, 5.74) is 2.55. The van der Waals surface area contributed by atoms with Gasteiger partial charge in [-0.15, -0.1) is 0 Å². The van der Waals surface area contributed by atoms with E-state index in [2.05, 4.69) is 58.5 Å². The topological polar surface area (TPSA) is 82.6 Å². The average Bonchev–Trinajstić information content (AvgIpc) is 2.57. The molecule has 0 aliphatic rings. The fourth-order valence-electron chi connectivity index (χ4n) is 2.11. The lowest BCUT2D eigenvalue weighted by Gasteiger charge is -2.16. The summed E-state index contributed by atoms with van der Waals surface area (Å²) in [5.74, 6) is 1.22. The maximum atomic E-state index is 11.3. The smallest absolute Gasteiger partial charge is 0.211 e. The average molecular weight is 355 g/mol. The number of nitrogens with one attached hydrogen (secondary N) is 3. The zero-order valence-corrected chi connectivity index (χ0v) is 15.9. The van der Waals surface area contributed by atoms with E-state index in [1.807, 2.05) is 0 Å². The van der Waals surface area contributed by atoms with Crippen molar-refractivity contribution in [1.29, 1.82) is 0 Å². The third-order valence-electron chi connectivity index (χ3n) is 3.79. The maximum Gasteiger partial charge on any atom is 0.211 e. The number of hydrogen-bond donors (Lipinski definition) is 3. The first-order valence-electron chi connectivity index (χ1n) is 8.36. The van der Waals surface area contributed by atoms with Crippen LogP contribution in [0.2, 0.25) is 0 Å². The minimum atomic E-state index is -3.10. The normalized spacial score (nSPS) is 13.6. The zero-order valence-electron chi connectivity index (χ0n) is 15.1. The van der Waals surface area contributed by atoms with Gasteiger partial charge in [-0.1, -0.05) is 36.8 Å². The Bertz CT molecular complexity index is 612. The Balaban J connectivity index is 2.29. The van der Waals surface area contributed by atoms with Gasteiger partial charge in [0, 0.05) is 26.7 Å². The molecule has 136 valence electrons. The molecule has 0 aliphatic carbocycles. The molecular formula is C17H30N4O2S. The third kappa shape index (κ3) is 7.79. The number of benzene rings is 1. The van der Waals surface area contributed by atoms with E-state index in [0.717, 1.165) is 12.5 Å². The van der Waals surface area contributed by atoms with E-state index < -0.39 is 10.0 Å². The van der Waals surface area contributed by atoms with E-state index >= 15 is 0 Å². The summed E-state index contributed by atoms with van der Waals surface area (Å²) < 4.78 is 25.2. The number of nitrogens with zero attached hydrogens (tertiary/aromatic N) is 1. The first-order valence-corrected chi connectivity index (χ1v) is 10.0. The monoisotopic (exact) mass is 354 g/mol. The lowest BCUT2D eigenvalue weighted by molar-refractivity contribution is 0.579. The Labute approximate surface area is 146 Å². The van der Waals surface area contributed by atoms with Gasteiger partial charge in [0.1, 0.15) is 0 Å². The highest BCUT2D eigenvalue weighted by Gasteiger charge is 2.07. The van der Waals surface area contributed by atoms with Crippen LogP contribution in [-0.2, 0) is 10.0 Å². The second kappa shape index (κ2) is 10.3. The Morgan fingerprint density at radius 1 is 1.17 bits per heavy atom. The van der Waals surface area contributed by atoms with Gasteiger partial charge in [-0.05, 0) is 31.7 Å². The lowest BCUT2D eigenvalue weighted by Crippen LogP contribution is -2.40. The molecule has 1 aromatic carbocycles. The molecule has 1 aromatic rings. The molecule has 0 fully saturated rings. The van der Waals surface area contributed by atoms with Gasteiger partial charge in [0.05, 0.1) is 5.75 Å². The van der Waals surface area contributed by atoms with Crippen LogP contribution in [0.3, 0.4) is 0 Å². The van der Waals surface area contributed by atoms with Crippen molar-refractivity contribution in [2.24, 2.45) is 4.99 Å². The van der Waals surface area contributed by atoms with E-state index in [4.69, 9.17) is 0 Å². The summed E-state index contributed by atoms with van der Waals surface area (Å²) >= 11 is 0. The van der Waals surface area contributed by atoms with Crippen molar-refractivity contribution in [3.63, 3.8) is 0 Å². The van der Waals surface area contributed by atoms with Crippen LogP contribution in [0.15, 0.2) is 29.3 Å². The second-order valence-electron chi connectivity index (χ2n) is 5.84. The summed E-state index contributed by atoms with van der Waals surface area (Å²) in [4.78, 5) is 4.19. The van der Waals surface area contributed by atoms with Crippen molar-refractivity contribution in [2.75, 3.05) is 32.4 Å². The fourth-order valence-corrected chi connectivity index (χ4v) is 2.77. The van der Waals surface area contributed by atoms with Gasteiger partial charge in [0.2, 0.25) is 10.0 Å². The SMILES string of the molecule is CCS(=O)(=O)NCCCNC(=NC)NCC(C)c1ccc(C)cc1. The van der Waals surface area contributed by atoms with Crippen molar-refractivity contribution in [2.45, 2.75) is 33.1 Å². The first-order chi connectivity index (χ1) is 11.4. The van der Waals surface area contributed by atoms with Crippen molar-refractivity contribution in [1.82, 2.24) is 15.4 Å². The predicted octanol–water partition coefficient (Wildman–Crippen LogP) is 1.59. The molecule has 0 radical (unpaired) electrons. The van der Waals surface area contributed by atoms with Crippen molar-refractivity contribution >= 4 is 16.0 Å². The Kier molecular flexibility index (Phi) is 8.78. The molecular weight excluding hydrogens is 324 g/mol. The van der Waals surface area contributed by atoms with E-state index in [1.165, 1.54) is 11.1 Å². The largest absolute Gasteiger partial charge is 0.356 e. The second-order valence-corrected chi connectivity index (χ2v) is 7.94. The van der Waals surface area contributed by atoms with Gasteiger partial charge in [0.25, 0.3) is 0 Å². The van der Waals surface area contributed by atoms with Gasteiger partial charge in [-0.3, -0.25) is 4.99 Å². The molecule has 0 heterocycles. The van der Waals surface area contributed by atoms with Crippen LogP contribution < -0.4 is 15.4 Å². The number of guanidine groups is 1. The molecule has 0 amide bonds. The van der Waals surface area contributed by atoms with Gasteiger partial charge in [-0.2, -0.15) is 0 Å². The summed E-state index contributed by atoms with van der Waals surface area (Å²) in [5, 5.41) is 6.49. The van der Waals surface area contributed by atoms with Crippen LogP contribution in [0, 0.1) is 6.92 Å². The number of rotatable bonds is 9. The first kappa shape index (κ1) is 20.4. The lowest BCUT2D eigenvalue weighted by atomic mass is 10.0.